The molecule has 3 aromatic rings. The minimum absolute atomic E-state index is 0.619. The third-order valence-electron chi connectivity index (χ3n) is 3.57. The first-order chi connectivity index (χ1) is 10.2. The fourth-order valence-electron chi connectivity index (χ4n) is 2.61. The molecule has 0 radical (unpaired) electrons. The Morgan fingerprint density at radius 3 is 2.57 bits per heavy atom. The van der Waals surface area contributed by atoms with Crippen molar-refractivity contribution in [1.82, 2.24) is 9.78 Å². The predicted octanol–water partition coefficient (Wildman–Crippen LogP) is 4.10. The third kappa shape index (κ3) is 2.53. The van der Waals surface area contributed by atoms with Crippen LogP contribution in [0.3, 0.4) is 0 Å². The Morgan fingerprint density at radius 1 is 1.14 bits per heavy atom. The van der Waals surface area contributed by atoms with E-state index >= 15 is 0 Å². The molecular weight excluding hydrogens is 258 g/mol. The van der Waals surface area contributed by atoms with Crippen LogP contribution in [0.5, 0.6) is 0 Å². The van der Waals surface area contributed by atoms with Gasteiger partial charge in [-0.15, -0.1) is 0 Å². The van der Waals surface area contributed by atoms with Gasteiger partial charge in [0.2, 0.25) is 0 Å². The summed E-state index contributed by atoms with van der Waals surface area (Å²) < 4.78 is 1.93. The van der Waals surface area contributed by atoms with Gasteiger partial charge < -0.3 is 0 Å². The van der Waals surface area contributed by atoms with E-state index in [1.807, 2.05) is 35.1 Å². The first-order valence-corrected chi connectivity index (χ1v) is 7.15. The number of nitrogens with zero attached hydrogens (tertiary/aromatic N) is 3. The van der Waals surface area contributed by atoms with E-state index in [0.29, 0.717) is 11.5 Å². The summed E-state index contributed by atoms with van der Waals surface area (Å²) in [6.45, 7) is 4.45. The van der Waals surface area contributed by atoms with Crippen molar-refractivity contribution in [3.8, 4) is 11.8 Å². The Labute approximate surface area is 124 Å². The zero-order chi connectivity index (χ0) is 14.8. The van der Waals surface area contributed by atoms with Crippen LogP contribution in [0.25, 0.3) is 16.6 Å². The van der Waals surface area contributed by atoms with Gasteiger partial charge in [0.1, 0.15) is 0 Å². The van der Waals surface area contributed by atoms with E-state index in [4.69, 9.17) is 5.26 Å². The van der Waals surface area contributed by atoms with Crippen LogP contribution in [-0.4, -0.2) is 9.78 Å². The van der Waals surface area contributed by atoms with Crippen LogP contribution in [0.15, 0.2) is 48.7 Å². The van der Waals surface area contributed by atoms with Crippen molar-refractivity contribution in [1.29, 1.82) is 5.26 Å². The van der Waals surface area contributed by atoms with E-state index < -0.39 is 0 Å². The highest BCUT2D eigenvalue weighted by Gasteiger charge is 2.09. The smallest absolute Gasteiger partial charge is 0.0991 e. The van der Waals surface area contributed by atoms with Crippen molar-refractivity contribution in [2.45, 2.75) is 20.3 Å². The van der Waals surface area contributed by atoms with E-state index in [9.17, 15) is 0 Å². The first-order valence-electron chi connectivity index (χ1n) is 7.15. The Bertz CT molecular complexity index is 805. The monoisotopic (exact) mass is 275 g/mol. The van der Waals surface area contributed by atoms with Crippen molar-refractivity contribution in [3.05, 3.63) is 59.8 Å². The molecule has 21 heavy (non-hydrogen) atoms. The predicted molar refractivity (Wildman–Crippen MR) is 84.3 cm³/mol. The van der Waals surface area contributed by atoms with Crippen LogP contribution in [-0.2, 0) is 6.42 Å². The second-order valence-electron chi connectivity index (χ2n) is 5.66. The summed E-state index contributed by atoms with van der Waals surface area (Å²) in [7, 11) is 0. The average molecular weight is 275 g/mol. The quantitative estimate of drug-likeness (QED) is 0.722. The second-order valence-corrected chi connectivity index (χ2v) is 5.66. The van der Waals surface area contributed by atoms with Crippen LogP contribution in [0.2, 0.25) is 0 Å². The fourth-order valence-corrected chi connectivity index (χ4v) is 2.61. The van der Waals surface area contributed by atoms with E-state index in [-0.39, 0.29) is 0 Å². The minimum atomic E-state index is 0.619. The molecule has 0 saturated heterocycles. The van der Waals surface area contributed by atoms with Gasteiger partial charge in [0, 0.05) is 5.39 Å². The average Bonchev–Trinajstić information content (AvgIpc) is 2.92. The molecule has 0 spiro atoms. The number of benzene rings is 2. The van der Waals surface area contributed by atoms with Crippen LogP contribution in [0.1, 0.15) is 25.0 Å². The van der Waals surface area contributed by atoms with Gasteiger partial charge in [-0.1, -0.05) is 26.0 Å². The second kappa shape index (κ2) is 5.41. The van der Waals surface area contributed by atoms with E-state index in [2.05, 4.69) is 43.2 Å². The summed E-state index contributed by atoms with van der Waals surface area (Å²) in [4.78, 5) is 0. The standard InChI is InChI=1S/C18H17N3/c1-13(2)10-15-4-3-5-18-17(15)12-20-21(18)16-8-6-14(11-19)7-9-16/h3-9,12-13H,10H2,1-2H3. The number of nitriles is 1. The summed E-state index contributed by atoms with van der Waals surface area (Å²) in [6, 6.07) is 16.0. The van der Waals surface area contributed by atoms with Gasteiger partial charge >= 0.3 is 0 Å². The zero-order valence-electron chi connectivity index (χ0n) is 12.2. The number of hydrogen-bond acceptors (Lipinski definition) is 2. The topological polar surface area (TPSA) is 41.6 Å². The van der Waals surface area contributed by atoms with Gasteiger partial charge in [0.25, 0.3) is 0 Å². The highest BCUT2D eigenvalue weighted by Crippen LogP contribution is 2.23. The number of rotatable bonds is 3. The molecular formula is C18H17N3. The summed E-state index contributed by atoms with van der Waals surface area (Å²) in [5, 5.41) is 14.6. The maximum atomic E-state index is 8.88. The SMILES string of the molecule is CC(C)Cc1cccc2c1cnn2-c1ccc(C#N)cc1. The Kier molecular flexibility index (Phi) is 3.45. The van der Waals surface area contributed by atoms with E-state index in [1.54, 1.807) is 0 Å². The van der Waals surface area contributed by atoms with E-state index in [1.165, 1.54) is 10.9 Å². The van der Waals surface area contributed by atoms with Crippen molar-refractivity contribution in [2.24, 2.45) is 5.92 Å². The zero-order valence-corrected chi connectivity index (χ0v) is 12.2. The van der Waals surface area contributed by atoms with Gasteiger partial charge in [-0.25, -0.2) is 4.68 Å². The molecule has 0 aliphatic heterocycles. The molecule has 2 aromatic carbocycles. The lowest BCUT2D eigenvalue weighted by Crippen LogP contribution is -1.97. The van der Waals surface area contributed by atoms with Crippen LogP contribution < -0.4 is 0 Å². The van der Waals surface area contributed by atoms with Gasteiger partial charge in [0.15, 0.2) is 0 Å². The van der Waals surface area contributed by atoms with Gasteiger partial charge in [0.05, 0.1) is 29.0 Å². The lowest BCUT2D eigenvalue weighted by Gasteiger charge is -2.07. The summed E-state index contributed by atoms with van der Waals surface area (Å²) >= 11 is 0. The van der Waals surface area contributed by atoms with Crippen LogP contribution >= 0.6 is 0 Å². The molecule has 0 atom stereocenters. The highest BCUT2D eigenvalue weighted by atomic mass is 15.3. The third-order valence-corrected chi connectivity index (χ3v) is 3.57. The van der Waals surface area contributed by atoms with Crippen molar-refractivity contribution in [2.75, 3.05) is 0 Å². The minimum Gasteiger partial charge on any atom is -0.233 e. The molecule has 1 heterocycles. The molecule has 3 heteroatoms. The lowest BCUT2D eigenvalue weighted by molar-refractivity contribution is 0.650. The summed E-state index contributed by atoms with van der Waals surface area (Å²) in [5.41, 5.74) is 4.08. The Balaban J connectivity index is 2.09. The molecule has 104 valence electrons. The first kappa shape index (κ1) is 13.4. The molecule has 3 rings (SSSR count). The maximum absolute atomic E-state index is 8.88. The normalized spacial score (nSPS) is 11.0. The van der Waals surface area contributed by atoms with Crippen LogP contribution in [0.4, 0.5) is 0 Å². The number of fused-ring (bicyclic) bond motifs is 1. The summed E-state index contributed by atoms with van der Waals surface area (Å²) in [6.07, 6.45) is 2.99. The molecule has 1 aromatic heterocycles. The van der Waals surface area contributed by atoms with Crippen molar-refractivity contribution in [3.63, 3.8) is 0 Å². The number of hydrogen-bond donors (Lipinski definition) is 0. The highest BCUT2D eigenvalue weighted by molar-refractivity contribution is 5.83. The molecule has 0 bridgehead atoms. The molecule has 0 fully saturated rings. The molecule has 3 nitrogen and oxygen atoms in total. The Hall–Kier alpha value is -2.60. The molecule has 0 amide bonds. The fraction of sp³-hybridized carbons (Fsp3) is 0.222. The Morgan fingerprint density at radius 2 is 1.90 bits per heavy atom. The molecule has 0 unspecified atom stereocenters. The van der Waals surface area contributed by atoms with Crippen molar-refractivity contribution < 1.29 is 0 Å². The van der Waals surface area contributed by atoms with Crippen LogP contribution in [0, 0.1) is 17.2 Å². The molecule has 0 N–H and O–H groups in total. The number of aromatic nitrogens is 2. The summed E-state index contributed by atoms with van der Waals surface area (Å²) in [5.74, 6) is 0.619. The largest absolute Gasteiger partial charge is 0.233 e. The molecule has 0 aliphatic rings. The van der Waals surface area contributed by atoms with Gasteiger partial charge in [-0.05, 0) is 48.2 Å². The maximum Gasteiger partial charge on any atom is 0.0991 e. The molecule has 0 aliphatic carbocycles. The van der Waals surface area contributed by atoms with E-state index in [0.717, 1.165) is 17.6 Å². The van der Waals surface area contributed by atoms with Crippen molar-refractivity contribution >= 4 is 10.9 Å². The lowest BCUT2D eigenvalue weighted by atomic mass is 10.00. The molecule has 0 saturated carbocycles. The van der Waals surface area contributed by atoms with Gasteiger partial charge in [-0.3, -0.25) is 0 Å². The van der Waals surface area contributed by atoms with Gasteiger partial charge in [-0.2, -0.15) is 10.4 Å².